The Hall–Kier alpha value is -2.51. The summed E-state index contributed by atoms with van der Waals surface area (Å²) < 4.78 is 41.8. The highest BCUT2D eigenvalue weighted by molar-refractivity contribution is 7.90. The van der Waals surface area contributed by atoms with Crippen LogP contribution >= 0.6 is 0 Å². The highest BCUT2D eigenvalue weighted by Gasteiger charge is 2.52. The average molecular weight is 430 g/mol. The van der Waals surface area contributed by atoms with Crippen molar-refractivity contribution in [3.05, 3.63) is 53.6 Å². The van der Waals surface area contributed by atoms with E-state index in [1.54, 1.807) is 26.4 Å². The van der Waals surface area contributed by atoms with Crippen LogP contribution in [-0.4, -0.2) is 46.8 Å². The first-order valence-electron chi connectivity index (χ1n) is 9.84. The molecule has 0 bridgehead atoms. The molecule has 6 nitrogen and oxygen atoms in total. The molecular formula is C23H27NO5S. The first-order chi connectivity index (χ1) is 14.2. The van der Waals surface area contributed by atoms with Crippen LogP contribution in [-0.2, 0) is 21.0 Å². The maximum atomic E-state index is 12.4. The number of fused-ring (bicyclic) bond motifs is 3. The molecule has 1 fully saturated rings. The molecule has 2 heterocycles. The molecule has 2 aliphatic heterocycles. The lowest BCUT2D eigenvalue weighted by molar-refractivity contribution is 0.0652. The number of methoxy groups -OCH3 is 2. The summed E-state index contributed by atoms with van der Waals surface area (Å²) in [6.45, 7) is 4.18. The van der Waals surface area contributed by atoms with E-state index in [2.05, 4.69) is 18.7 Å². The number of ether oxygens (including phenoxy) is 3. The van der Waals surface area contributed by atoms with E-state index in [0.717, 1.165) is 16.8 Å². The van der Waals surface area contributed by atoms with Gasteiger partial charge >= 0.3 is 0 Å². The van der Waals surface area contributed by atoms with E-state index in [9.17, 15) is 8.42 Å². The van der Waals surface area contributed by atoms with Crippen molar-refractivity contribution in [1.29, 1.82) is 0 Å². The summed E-state index contributed by atoms with van der Waals surface area (Å²) in [5, 5.41) is 0. The van der Waals surface area contributed by atoms with E-state index in [0.29, 0.717) is 22.8 Å². The maximum Gasteiger partial charge on any atom is 0.177 e. The Morgan fingerprint density at radius 1 is 1.13 bits per heavy atom. The predicted octanol–water partition coefficient (Wildman–Crippen LogP) is 3.69. The van der Waals surface area contributed by atoms with Crippen LogP contribution in [0.25, 0.3) is 6.08 Å². The molecule has 0 aromatic heterocycles. The smallest absolute Gasteiger partial charge is 0.177 e. The SMILES string of the molecule is COc1ccc(C=CC2OC3Cc4cccc(S(C)(=O)=O)c4N3C2(C)C)cc1OC. The van der Waals surface area contributed by atoms with Gasteiger partial charge in [0.05, 0.1) is 30.3 Å². The topological polar surface area (TPSA) is 65.1 Å². The molecular weight excluding hydrogens is 402 g/mol. The summed E-state index contributed by atoms with van der Waals surface area (Å²) >= 11 is 0. The Bertz CT molecular complexity index is 1110. The second-order valence-electron chi connectivity index (χ2n) is 8.25. The zero-order valence-electron chi connectivity index (χ0n) is 17.9. The van der Waals surface area contributed by atoms with Gasteiger partial charge in [0.2, 0.25) is 0 Å². The van der Waals surface area contributed by atoms with E-state index < -0.39 is 15.4 Å². The molecule has 0 saturated carbocycles. The standard InChI is InChI=1S/C23H27NO5S/c1-23(2)20(12-10-15-9-11-17(27-3)18(13-15)28-4)29-21-14-16-7-6-8-19(30(5,25)26)22(16)24(21)23/h6-13,20-21H,14H2,1-5H3. The summed E-state index contributed by atoms with van der Waals surface area (Å²) in [6, 6.07) is 11.2. The Kier molecular flexibility index (Phi) is 5.06. The van der Waals surface area contributed by atoms with Crippen LogP contribution in [0.4, 0.5) is 5.69 Å². The van der Waals surface area contributed by atoms with Crippen LogP contribution in [0.1, 0.15) is 25.0 Å². The lowest BCUT2D eigenvalue weighted by Crippen LogP contribution is -2.46. The maximum absolute atomic E-state index is 12.4. The fourth-order valence-corrected chi connectivity index (χ4v) is 5.31. The Morgan fingerprint density at radius 3 is 2.53 bits per heavy atom. The van der Waals surface area contributed by atoms with Crippen molar-refractivity contribution in [2.24, 2.45) is 0 Å². The van der Waals surface area contributed by atoms with Crippen molar-refractivity contribution in [3.8, 4) is 11.5 Å². The second kappa shape index (κ2) is 7.32. The third kappa shape index (κ3) is 3.36. The van der Waals surface area contributed by atoms with Crippen molar-refractivity contribution < 1.29 is 22.6 Å². The van der Waals surface area contributed by atoms with Crippen LogP contribution in [0.15, 0.2) is 47.4 Å². The third-order valence-electron chi connectivity index (χ3n) is 5.90. The van der Waals surface area contributed by atoms with E-state index in [1.165, 1.54) is 6.26 Å². The number of anilines is 1. The highest BCUT2D eigenvalue weighted by atomic mass is 32.2. The van der Waals surface area contributed by atoms with Gasteiger partial charge in [0.1, 0.15) is 12.3 Å². The molecule has 0 amide bonds. The molecule has 4 rings (SSSR count). The van der Waals surface area contributed by atoms with Gasteiger partial charge in [0.15, 0.2) is 21.3 Å². The molecule has 0 spiro atoms. The van der Waals surface area contributed by atoms with Gasteiger partial charge in [0.25, 0.3) is 0 Å². The molecule has 0 radical (unpaired) electrons. The van der Waals surface area contributed by atoms with Crippen molar-refractivity contribution in [2.75, 3.05) is 25.4 Å². The van der Waals surface area contributed by atoms with E-state index in [-0.39, 0.29) is 12.3 Å². The van der Waals surface area contributed by atoms with Gasteiger partial charge in [-0.1, -0.05) is 30.4 Å². The monoisotopic (exact) mass is 429 g/mol. The molecule has 2 aromatic carbocycles. The minimum atomic E-state index is -3.34. The Labute approximate surface area is 178 Å². The summed E-state index contributed by atoms with van der Waals surface area (Å²) in [5.74, 6) is 1.34. The third-order valence-corrected chi connectivity index (χ3v) is 7.03. The van der Waals surface area contributed by atoms with Gasteiger partial charge in [-0.25, -0.2) is 8.42 Å². The summed E-state index contributed by atoms with van der Waals surface area (Å²) in [5.41, 5.74) is 2.34. The number of hydrogen-bond acceptors (Lipinski definition) is 6. The zero-order chi connectivity index (χ0) is 21.7. The summed E-state index contributed by atoms with van der Waals surface area (Å²) in [6.07, 6.45) is 5.58. The molecule has 160 valence electrons. The number of hydrogen-bond donors (Lipinski definition) is 0. The average Bonchev–Trinajstić information content (AvgIpc) is 3.19. The molecule has 2 unspecified atom stereocenters. The predicted molar refractivity (Wildman–Crippen MR) is 117 cm³/mol. The molecule has 2 aliphatic rings. The van der Waals surface area contributed by atoms with Crippen LogP contribution in [0.2, 0.25) is 0 Å². The molecule has 30 heavy (non-hydrogen) atoms. The summed E-state index contributed by atoms with van der Waals surface area (Å²) in [7, 11) is -0.125. The number of nitrogens with zero attached hydrogens (tertiary/aromatic N) is 1. The van der Waals surface area contributed by atoms with Gasteiger partial charge < -0.3 is 19.1 Å². The quantitative estimate of drug-likeness (QED) is 0.722. The molecule has 0 aliphatic carbocycles. The minimum absolute atomic E-state index is 0.182. The van der Waals surface area contributed by atoms with Crippen molar-refractivity contribution in [3.63, 3.8) is 0 Å². The first kappa shape index (κ1) is 20.8. The van der Waals surface area contributed by atoms with Gasteiger partial charge in [-0.2, -0.15) is 0 Å². The highest BCUT2D eigenvalue weighted by Crippen LogP contribution is 2.48. The molecule has 0 N–H and O–H groups in total. The van der Waals surface area contributed by atoms with Gasteiger partial charge in [-0.3, -0.25) is 0 Å². The number of para-hydroxylation sites is 1. The Balaban J connectivity index is 1.66. The lowest BCUT2D eigenvalue weighted by atomic mass is 9.95. The summed E-state index contributed by atoms with van der Waals surface area (Å²) in [4.78, 5) is 2.49. The van der Waals surface area contributed by atoms with Crippen molar-refractivity contribution in [2.45, 2.75) is 43.0 Å². The number of benzene rings is 2. The number of rotatable bonds is 5. The van der Waals surface area contributed by atoms with Crippen LogP contribution in [0.3, 0.4) is 0 Å². The molecule has 2 aromatic rings. The molecule has 2 atom stereocenters. The fraction of sp³-hybridized carbons (Fsp3) is 0.391. The fourth-order valence-electron chi connectivity index (χ4n) is 4.41. The van der Waals surface area contributed by atoms with E-state index in [4.69, 9.17) is 14.2 Å². The van der Waals surface area contributed by atoms with Gasteiger partial charge in [0, 0.05) is 12.7 Å². The lowest BCUT2D eigenvalue weighted by Gasteiger charge is -2.35. The second-order valence-corrected chi connectivity index (χ2v) is 10.2. The van der Waals surface area contributed by atoms with Crippen molar-refractivity contribution in [1.82, 2.24) is 0 Å². The number of sulfone groups is 1. The first-order valence-corrected chi connectivity index (χ1v) is 11.7. The zero-order valence-corrected chi connectivity index (χ0v) is 18.7. The molecule has 7 heteroatoms. The van der Waals surface area contributed by atoms with E-state index >= 15 is 0 Å². The molecule has 1 saturated heterocycles. The van der Waals surface area contributed by atoms with E-state index in [1.807, 2.05) is 36.4 Å². The Morgan fingerprint density at radius 2 is 1.87 bits per heavy atom. The van der Waals surface area contributed by atoms with Gasteiger partial charge in [-0.15, -0.1) is 0 Å². The largest absolute Gasteiger partial charge is 0.493 e. The van der Waals surface area contributed by atoms with Crippen molar-refractivity contribution >= 4 is 21.6 Å². The minimum Gasteiger partial charge on any atom is -0.493 e. The normalized spacial score (nSPS) is 22.2. The van der Waals surface area contributed by atoms with Crippen LogP contribution in [0.5, 0.6) is 11.5 Å². The van der Waals surface area contributed by atoms with Crippen LogP contribution < -0.4 is 14.4 Å². The van der Waals surface area contributed by atoms with Crippen LogP contribution in [0, 0.1) is 0 Å². The van der Waals surface area contributed by atoms with Gasteiger partial charge in [-0.05, 0) is 43.2 Å².